The normalized spacial score (nSPS) is 31.7. The average Bonchev–Trinajstić information content (AvgIpc) is 3.15. The van der Waals surface area contributed by atoms with E-state index < -0.39 is 18.4 Å². The van der Waals surface area contributed by atoms with E-state index in [1.807, 2.05) is 4.57 Å². The molecule has 0 aliphatic carbocycles. The number of alkyl halides is 1. The second kappa shape index (κ2) is 6.10. The van der Waals surface area contributed by atoms with Gasteiger partial charge in [-0.25, -0.2) is 19.3 Å². The topological polar surface area (TPSA) is 85.1 Å². The first-order valence-electron chi connectivity index (χ1n) is 8.09. The average molecular weight is 321 g/mol. The number of aliphatic hydroxyl groups excluding tert-OH is 1. The Morgan fingerprint density at radius 3 is 3.09 bits per heavy atom. The number of fused-ring (bicyclic) bond motifs is 1. The predicted octanol–water partition coefficient (Wildman–Crippen LogP) is 1.26. The Bertz CT molecular complexity index is 688. The summed E-state index contributed by atoms with van der Waals surface area (Å²) in [6.45, 7) is 0.616. The largest absolute Gasteiger partial charge is 0.394 e. The van der Waals surface area contributed by atoms with E-state index in [9.17, 15) is 9.50 Å². The van der Waals surface area contributed by atoms with Crippen LogP contribution in [0.3, 0.4) is 0 Å². The number of ether oxygens (including phenoxy) is 1. The highest BCUT2D eigenvalue weighted by Gasteiger charge is 2.39. The molecule has 2 aromatic heterocycles. The standard InChI is InChI=1S/C15H20FN5O2/c16-9-5-11(23-12(9)7-22)15-20-10-6-17-8-19-14(10)21(15)13-3-1-2-4-18-13/h6,8-9,11-13,18,22H,1-5,7H2/t9-,11?,12+,13?/m0/s1. The molecule has 2 saturated heterocycles. The highest BCUT2D eigenvalue weighted by Crippen LogP contribution is 2.37. The molecule has 8 heteroatoms. The summed E-state index contributed by atoms with van der Waals surface area (Å²) in [6, 6.07) is 0. The lowest BCUT2D eigenvalue weighted by molar-refractivity contribution is -0.0108. The fourth-order valence-electron chi connectivity index (χ4n) is 3.49. The number of nitrogens with zero attached hydrogens (tertiary/aromatic N) is 4. The molecule has 0 aromatic carbocycles. The highest BCUT2D eigenvalue weighted by molar-refractivity contribution is 5.70. The van der Waals surface area contributed by atoms with E-state index >= 15 is 0 Å². The van der Waals surface area contributed by atoms with Gasteiger partial charge in [0.1, 0.15) is 36.0 Å². The van der Waals surface area contributed by atoms with Crippen molar-refractivity contribution in [2.24, 2.45) is 0 Å². The van der Waals surface area contributed by atoms with Crippen molar-refractivity contribution in [3.63, 3.8) is 0 Å². The second-order valence-corrected chi connectivity index (χ2v) is 6.13. The monoisotopic (exact) mass is 321 g/mol. The van der Waals surface area contributed by atoms with E-state index in [1.165, 1.54) is 6.33 Å². The molecule has 4 rings (SSSR count). The molecule has 2 aliphatic heterocycles. The molecule has 4 heterocycles. The minimum Gasteiger partial charge on any atom is -0.394 e. The Balaban J connectivity index is 1.76. The Morgan fingerprint density at radius 2 is 2.35 bits per heavy atom. The van der Waals surface area contributed by atoms with E-state index in [4.69, 9.17) is 4.74 Å². The molecule has 0 saturated carbocycles. The number of imidazole rings is 1. The van der Waals surface area contributed by atoms with Gasteiger partial charge in [-0.15, -0.1) is 0 Å². The number of hydrogen-bond acceptors (Lipinski definition) is 6. The van der Waals surface area contributed by atoms with Gasteiger partial charge in [-0.1, -0.05) is 0 Å². The van der Waals surface area contributed by atoms with Gasteiger partial charge in [0.05, 0.1) is 19.0 Å². The van der Waals surface area contributed by atoms with Crippen LogP contribution in [0.1, 0.15) is 43.8 Å². The lowest BCUT2D eigenvalue weighted by Crippen LogP contribution is -2.33. The Morgan fingerprint density at radius 1 is 1.43 bits per heavy atom. The molecule has 2 aliphatic rings. The van der Waals surface area contributed by atoms with Crippen molar-refractivity contribution in [3.8, 4) is 0 Å². The van der Waals surface area contributed by atoms with Crippen LogP contribution in [0.25, 0.3) is 11.2 Å². The van der Waals surface area contributed by atoms with E-state index in [1.54, 1.807) is 6.20 Å². The summed E-state index contributed by atoms with van der Waals surface area (Å²) in [7, 11) is 0. The molecule has 2 N–H and O–H groups in total. The van der Waals surface area contributed by atoms with Crippen molar-refractivity contribution in [1.82, 2.24) is 24.8 Å². The summed E-state index contributed by atoms with van der Waals surface area (Å²) in [5.41, 5.74) is 1.42. The summed E-state index contributed by atoms with van der Waals surface area (Å²) in [4.78, 5) is 13.0. The molecular weight excluding hydrogens is 301 g/mol. The van der Waals surface area contributed by atoms with Crippen molar-refractivity contribution >= 4 is 11.2 Å². The smallest absolute Gasteiger partial charge is 0.164 e. The van der Waals surface area contributed by atoms with E-state index in [0.717, 1.165) is 31.5 Å². The summed E-state index contributed by atoms with van der Waals surface area (Å²) in [5.74, 6) is 0.665. The van der Waals surface area contributed by atoms with Crippen LogP contribution in [-0.2, 0) is 4.74 Å². The van der Waals surface area contributed by atoms with E-state index in [0.29, 0.717) is 11.3 Å². The fourth-order valence-corrected chi connectivity index (χ4v) is 3.49. The number of hydrogen-bond donors (Lipinski definition) is 2. The summed E-state index contributed by atoms with van der Waals surface area (Å²) in [6.07, 6.45) is 4.25. The molecule has 23 heavy (non-hydrogen) atoms. The molecule has 2 unspecified atom stereocenters. The van der Waals surface area contributed by atoms with Gasteiger partial charge in [0.25, 0.3) is 0 Å². The molecule has 2 fully saturated rings. The van der Waals surface area contributed by atoms with E-state index in [-0.39, 0.29) is 19.2 Å². The fraction of sp³-hybridized carbons (Fsp3) is 0.667. The number of aliphatic hydroxyl groups is 1. The molecule has 0 radical (unpaired) electrons. The van der Waals surface area contributed by atoms with Crippen LogP contribution in [0, 0.1) is 0 Å². The minimum absolute atomic E-state index is 0.0773. The van der Waals surface area contributed by atoms with Crippen molar-refractivity contribution in [2.75, 3.05) is 13.2 Å². The zero-order chi connectivity index (χ0) is 15.8. The molecular formula is C15H20FN5O2. The highest BCUT2D eigenvalue weighted by atomic mass is 19.1. The first-order valence-corrected chi connectivity index (χ1v) is 8.09. The van der Waals surface area contributed by atoms with Crippen molar-refractivity contribution < 1.29 is 14.2 Å². The van der Waals surface area contributed by atoms with Crippen LogP contribution in [0.4, 0.5) is 4.39 Å². The van der Waals surface area contributed by atoms with E-state index in [2.05, 4.69) is 20.3 Å². The lowest BCUT2D eigenvalue weighted by Gasteiger charge is -2.27. The summed E-state index contributed by atoms with van der Waals surface area (Å²) < 4.78 is 21.7. The third-order valence-corrected chi connectivity index (χ3v) is 4.63. The van der Waals surface area contributed by atoms with Gasteiger partial charge in [0.2, 0.25) is 0 Å². The van der Waals surface area contributed by atoms with Crippen molar-refractivity contribution in [3.05, 3.63) is 18.3 Å². The maximum Gasteiger partial charge on any atom is 0.164 e. The Labute approximate surface area is 132 Å². The number of piperidine rings is 1. The van der Waals surface area contributed by atoms with Crippen LogP contribution < -0.4 is 5.32 Å². The molecule has 7 nitrogen and oxygen atoms in total. The van der Waals surface area contributed by atoms with Crippen molar-refractivity contribution in [2.45, 2.75) is 50.2 Å². The Kier molecular flexibility index (Phi) is 3.96. The van der Waals surface area contributed by atoms with Gasteiger partial charge in [-0.3, -0.25) is 9.88 Å². The number of nitrogens with one attached hydrogen (secondary N) is 1. The third kappa shape index (κ3) is 2.60. The minimum atomic E-state index is -1.18. The van der Waals surface area contributed by atoms with Crippen LogP contribution in [-0.4, -0.2) is 50.1 Å². The predicted molar refractivity (Wildman–Crippen MR) is 80.4 cm³/mol. The zero-order valence-electron chi connectivity index (χ0n) is 12.7. The molecule has 124 valence electrons. The van der Waals surface area contributed by atoms with Gasteiger partial charge in [-0.2, -0.15) is 0 Å². The summed E-state index contributed by atoms with van der Waals surface area (Å²) >= 11 is 0. The number of halogens is 1. The van der Waals surface area contributed by atoms with Crippen LogP contribution in [0.5, 0.6) is 0 Å². The van der Waals surface area contributed by atoms with Crippen LogP contribution in [0.2, 0.25) is 0 Å². The molecule has 0 spiro atoms. The van der Waals surface area contributed by atoms with Gasteiger partial charge in [0, 0.05) is 6.42 Å². The van der Waals surface area contributed by atoms with Gasteiger partial charge < -0.3 is 9.84 Å². The Hall–Kier alpha value is -1.64. The number of rotatable bonds is 3. The summed E-state index contributed by atoms with van der Waals surface area (Å²) in [5, 5.41) is 12.7. The van der Waals surface area contributed by atoms with Gasteiger partial charge >= 0.3 is 0 Å². The second-order valence-electron chi connectivity index (χ2n) is 6.13. The van der Waals surface area contributed by atoms with Gasteiger partial charge in [-0.05, 0) is 25.8 Å². The molecule has 4 atom stereocenters. The molecule has 0 amide bonds. The third-order valence-electron chi connectivity index (χ3n) is 4.63. The van der Waals surface area contributed by atoms with Crippen LogP contribution in [0.15, 0.2) is 12.5 Å². The van der Waals surface area contributed by atoms with Crippen molar-refractivity contribution in [1.29, 1.82) is 0 Å². The molecule has 2 aromatic rings. The van der Waals surface area contributed by atoms with Gasteiger partial charge in [0.15, 0.2) is 5.65 Å². The zero-order valence-corrected chi connectivity index (χ0v) is 12.7. The quantitative estimate of drug-likeness (QED) is 0.885. The maximum atomic E-state index is 14.0. The first-order chi connectivity index (χ1) is 11.3. The maximum absolute atomic E-state index is 14.0. The number of aromatic nitrogens is 4. The van der Waals surface area contributed by atoms with Crippen LogP contribution >= 0.6 is 0 Å². The SMILES string of the molecule is OC[C@H]1OC(c2nc3cncnc3n2C2CCCCN2)C[C@@H]1F. The first kappa shape index (κ1) is 14.9. The lowest BCUT2D eigenvalue weighted by atomic mass is 10.1. The molecule has 0 bridgehead atoms.